The lowest BCUT2D eigenvalue weighted by molar-refractivity contribution is -0.127. The highest BCUT2D eigenvalue weighted by atomic mass is 19.1. The molecule has 3 amide bonds. The van der Waals surface area contributed by atoms with Crippen molar-refractivity contribution in [2.45, 2.75) is 19.4 Å². The Morgan fingerprint density at radius 2 is 2.13 bits per heavy atom. The zero-order valence-electron chi connectivity index (χ0n) is 13.2. The summed E-state index contributed by atoms with van der Waals surface area (Å²) in [5.74, 6) is -0.644. The number of hydrogen-bond acceptors (Lipinski definition) is 3. The molecule has 1 unspecified atom stereocenters. The summed E-state index contributed by atoms with van der Waals surface area (Å²) in [7, 11) is 0. The van der Waals surface area contributed by atoms with Crippen LogP contribution in [0.3, 0.4) is 0 Å². The van der Waals surface area contributed by atoms with E-state index in [1.54, 1.807) is 0 Å². The first kappa shape index (κ1) is 17.2. The molecule has 0 bridgehead atoms. The second-order valence-corrected chi connectivity index (χ2v) is 5.28. The maximum atomic E-state index is 13.1. The molecule has 6 nitrogen and oxygen atoms in total. The summed E-state index contributed by atoms with van der Waals surface area (Å²) in [6.45, 7) is 4.28. The Bertz CT molecular complexity index is 536. The molecule has 0 spiro atoms. The Morgan fingerprint density at radius 1 is 1.39 bits per heavy atom. The molecule has 7 heteroatoms. The van der Waals surface area contributed by atoms with E-state index in [1.807, 2.05) is 6.92 Å². The molecule has 1 atom stereocenters. The first-order chi connectivity index (χ1) is 11.1. The number of halogens is 1. The van der Waals surface area contributed by atoms with Gasteiger partial charge in [0.15, 0.2) is 0 Å². The van der Waals surface area contributed by atoms with Crippen molar-refractivity contribution in [3.05, 3.63) is 35.6 Å². The molecule has 1 aromatic rings. The number of rotatable bonds is 6. The van der Waals surface area contributed by atoms with Crippen molar-refractivity contribution in [3.8, 4) is 0 Å². The highest BCUT2D eigenvalue weighted by Gasteiger charge is 2.34. The van der Waals surface area contributed by atoms with E-state index < -0.39 is 6.04 Å². The first-order valence-electron chi connectivity index (χ1n) is 7.79. The van der Waals surface area contributed by atoms with E-state index in [2.05, 4.69) is 10.6 Å². The molecule has 2 N–H and O–H groups in total. The minimum absolute atomic E-state index is 0.264. The third kappa shape index (κ3) is 4.66. The van der Waals surface area contributed by atoms with Crippen molar-refractivity contribution in [2.75, 3.05) is 32.8 Å². The van der Waals surface area contributed by atoms with Crippen LogP contribution in [0.2, 0.25) is 0 Å². The maximum Gasteiger partial charge on any atom is 0.318 e. The van der Waals surface area contributed by atoms with E-state index in [0.29, 0.717) is 38.4 Å². The van der Waals surface area contributed by atoms with E-state index in [1.165, 1.54) is 29.2 Å². The van der Waals surface area contributed by atoms with Gasteiger partial charge in [-0.3, -0.25) is 4.79 Å². The van der Waals surface area contributed by atoms with Gasteiger partial charge in [0, 0.05) is 26.2 Å². The predicted octanol–water partition coefficient (Wildman–Crippen LogP) is 1.43. The van der Waals surface area contributed by atoms with Crippen LogP contribution in [0.1, 0.15) is 24.9 Å². The van der Waals surface area contributed by atoms with Gasteiger partial charge >= 0.3 is 6.03 Å². The Morgan fingerprint density at radius 3 is 2.83 bits per heavy atom. The Balaban J connectivity index is 2.00. The quantitative estimate of drug-likeness (QED) is 0.778. The van der Waals surface area contributed by atoms with E-state index in [-0.39, 0.29) is 17.8 Å². The van der Waals surface area contributed by atoms with Gasteiger partial charge in [-0.1, -0.05) is 19.1 Å². The number of carbonyl (C=O) groups is 2. The fraction of sp³-hybridized carbons (Fsp3) is 0.500. The third-order valence-corrected chi connectivity index (χ3v) is 3.53. The Labute approximate surface area is 135 Å². The van der Waals surface area contributed by atoms with Crippen molar-refractivity contribution >= 4 is 11.9 Å². The molecule has 1 aromatic carbocycles. The smallest absolute Gasteiger partial charge is 0.318 e. The normalized spacial score (nSPS) is 17.7. The molecule has 0 saturated carbocycles. The second-order valence-electron chi connectivity index (χ2n) is 5.28. The minimum Gasteiger partial charge on any atom is -0.380 e. The summed E-state index contributed by atoms with van der Waals surface area (Å²) < 4.78 is 18.4. The van der Waals surface area contributed by atoms with Gasteiger partial charge in [-0.15, -0.1) is 0 Å². The van der Waals surface area contributed by atoms with Crippen molar-refractivity contribution in [1.82, 2.24) is 15.5 Å². The van der Waals surface area contributed by atoms with Crippen LogP contribution in [0.25, 0.3) is 0 Å². The molecule has 1 aliphatic rings. The molecule has 1 aliphatic heterocycles. The zero-order chi connectivity index (χ0) is 16.7. The van der Waals surface area contributed by atoms with E-state index in [0.717, 1.165) is 6.42 Å². The number of amides is 3. The number of nitrogens with one attached hydrogen (secondary N) is 2. The summed E-state index contributed by atoms with van der Waals surface area (Å²) in [4.78, 5) is 26.0. The molecule has 1 fully saturated rings. The lowest BCUT2D eigenvalue weighted by Crippen LogP contribution is -2.55. The van der Waals surface area contributed by atoms with Gasteiger partial charge < -0.3 is 20.3 Å². The first-order valence-corrected chi connectivity index (χ1v) is 7.79. The van der Waals surface area contributed by atoms with Gasteiger partial charge in [-0.2, -0.15) is 0 Å². The molecule has 23 heavy (non-hydrogen) atoms. The van der Waals surface area contributed by atoms with Gasteiger partial charge in [0.1, 0.15) is 11.9 Å². The fourth-order valence-electron chi connectivity index (χ4n) is 2.44. The number of carbonyl (C=O) groups excluding carboxylic acids is 2. The summed E-state index contributed by atoms with van der Waals surface area (Å²) in [6, 6.07) is 4.54. The monoisotopic (exact) mass is 323 g/mol. The molecule has 1 heterocycles. The molecular weight excluding hydrogens is 301 g/mol. The SMILES string of the molecule is CCCOCCNC(=O)N1CCNC(=O)C1c1ccc(F)cc1. The highest BCUT2D eigenvalue weighted by Crippen LogP contribution is 2.23. The number of nitrogens with zero attached hydrogens (tertiary/aromatic N) is 1. The number of hydrogen-bond donors (Lipinski definition) is 2. The summed E-state index contributed by atoms with van der Waals surface area (Å²) in [5, 5.41) is 5.49. The largest absolute Gasteiger partial charge is 0.380 e. The van der Waals surface area contributed by atoms with Gasteiger partial charge in [-0.05, 0) is 24.1 Å². The van der Waals surface area contributed by atoms with Crippen LogP contribution in [-0.2, 0) is 9.53 Å². The minimum atomic E-state index is -0.749. The average Bonchev–Trinajstić information content (AvgIpc) is 2.55. The zero-order valence-corrected chi connectivity index (χ0v) is 13.2. The topological polar surface area (TPSA) is 70.7 Å². The lowest BCUT2D eigenvalue weighted by Gasteiger charge is -2.35. The second kappa shape index (κ2) is 8.47. The van der Waals surface area contributed by atoms with Gasteiger partial charge in [0.05, 0.1) is 6.61 Å². The molecule has 0 radical (unpaired) electrons. The van der Waals surface area contributed by atoms with Gasteiger partial charge in [-0.25, -0.2) is 9.18 Å². The van der Waals surface area contributed by atoms with Crippen LogP contribution < -0.4 is 10.6 Å². The Hall–Kier alpha value is -2.15. The third-order valence-electron chi connectivity index (χ3n) is 3.53. The fourth-order valence-corrected chi connectivity index (χ4v) is 2.44. The maximum absolute atomic E-state index is 13.1. The van der Waals surface area contributed by atoms with Crippen LogP contribution in [-0.4, -0.2) is 49.7 Å². The van der Waals surface area contributed by atoms with Crippen LogP contribution in [0.5, 0.6) is 0 Å². The van der Waals surface area contributed by atoms with Crippen molar-refractivity contribution in [1.29, 1.82) is 0 Å². The molecule has 0 aliphatic carbocycles. The van der Waals surface area contributed by atoms with E-state index in [9.17, 15) is 14.0 Å². The average molecular weight is 323 g/mol. The van der Waals surface area contributed by atoms with E-state index >= 15 is 0 Å². The number of piperazine rings is 1. The summed E-state index contributed by atoms with van der Waals surface area (Å²) in [5.41, 5.74) is 0.584. The van der Waals surface area contributed by atoms with Crippen molar-refractivity contribution in [2.24, 2.45) is 0 Å². The number of urea groups is 1. The lowest BCUT2D eigenvalue weighted by atomic mass is 10.0. The van der Waals surface area contributed by atoms with Gasteiger partial charge in [0.2, 0.25) is 5.91 Å². The summed E-state index contributed by atoms with van der Waals surface area (Å²) in [6.07, 6.45) is 0.923. The van der Waals surface area contributed by atoms with E-state index in [4.69, 9.17) is 4.74 Å². The van der Waals surface area contributed by atoms with Crippen LogP contribution >= 0.6 is 0 Å². The molecular formula is C16H22FN3O3. The van der Waals surface area contributed by atoms with Crippen molar-refractivity contribution < 1.29 is 18.7 Å². The van der Waals surface area contributed by atoms with Crippen LogP contribution in [0, 0.1) is 5.82 Å². The number of benzene rings is 1. The van der Waals surface area contributed by atoms with Gasteiger partial charge in [0.25, 0.3) is 0 Å². The molecule has 0 aromatic heterocycles. The standard InChI is InChI=1S/C16H22FN3O3/c1-2-10-23-11-8-19-16(22)20-9-7-18-15(21)14(20)12-3-5-13(17)6-4-12/h3-6,14H,2,7-11H2,1H3,(H,18,21)(H,19,22). The van der Waals surface area contributed by atoms with Crippen molar-refractivity contribution in [3.63, 3.8) is 0 Å². The van der Waals surface area contributed by atoms with Crippen LogP contribution in [0.15, 0.2) is 24.3 Å². The summed E-state index contributed by atoms with van der Waals surface area (Å²) >= 11 is 0. The predicted molar refractivity (Wildman–Crippen MR) is 83.4 cm³/mol. The molecule has 126 valence electrons. The Kier molecular flexibility index (Phi) is 6.34. The highest BCUT2D eigenvalue weighted by molar-refractivity contribution is 5.89. The molecule has 1 saturated heterocycles. The van der Waals surface area contributed by atoms with Crippen LogP contribution in [0.4, 0.5) is 9.18 Å². The number of ether oxygens (including phenoxy) is 1. The molecule has 2 rings (SSSR count).